The molecule has 7 heteroatoms. The number of nitrogens with zero attached hydrogens (tertiary/aromatic N) is 1. The summed E-state index contributed by atoms with van der Waals surface area (Å²) in [5.74, 6) is -0.467. The number of hydrogen-bond donors (Lipinski definition) is 3. The largest absolute Gasteiger partial charge is 0.366 e. The van der Waals surface area contributed by atoms with Gasteiger partial charge in [-0.25, -0.2) is 9.78 Å². The molecule has 0 saturated heterocycles. The maximum Gasteiger partial charge on any atom is 0.316 e. The third-order valence-corrected chi connectivity index (χ3v) is 4.24. The topological polar surface area (TPSA) is 111 Å². The van der Waals surface area contributed by atoms with E-state index in [0.717, 1.165) is 21.8 Å². The van der Waals surface area contributed by atoms with Crippen LogP contribution in [-0.2, 0) is 0 Å². The minimum atomic E-state index is -0.604. The number of nitrogens with one attached hydrogen (secondary N) is 1. The number of benzene rings is 2. The molecule has 0 bridgehead atoms. The van der Waals surface area contributed by atoms with Crippen molar-refractivity contribution in [2.24, 2.45) is 11.5 Å². The lowest BCUT2D eigenvalue weighted by molar-refractivity contribution is 0.100. The number of anilines is 1. The van der Waals surface area contributed by atoms with Crippen molar-refractivity contribution in [2.45, 2.75) is 0 Å². The Morgan fingerprint density at radius 1 is 1.00 bits per heavy atom. The second-order valence-corrected chi connectivity index (χ2v) is 5.91. The molecule has 3 amide bonds. The van der Waals surface area contributed by atoms with Crippen molar-refractivity contribution in [1.82, 2.24) is 4.98 Å². The van der Waals surface area contributed by atoms with Gasteiger partial charge < -0.3 is 16.8 Å². The molecule has 0 unspecified atom stereocenters. The molecule has 0 fully saturated rings. The number of hydrogen-bond acceptors (Lipinski definition) is 4. The van der Waals surface area contributed by atoms with Crippen LogP contribution < -0.4 is 16.8 Å². The van der Waals surface area contributed by atoms with Gasteiger partial charge in [0.05, 0.1) is 5.69 Å². The van der Waals surface area contributed by atoms with E-state index in [1.54, 1.807) is 30.3 Å². The lowest BCUT2D eigenvalue weighted by atomic mass is 10.1. The predicted molar refractivity (Wildman–Crippen MR) is 94.7 cm³/mol. The van der Waals surface area contributed by atoms with E-state index in [2.05, 4.69) is 10.3 Å². The van der Waals surface area contributed by atoms with Gasteiger partial charge in [0.25, 0.3) is 0 Å². The van der Waals surface area contributed by atoms with Crippen molar-refractivity contribution < 1.29 is 9.59 Å². The maximum atomic E-state index is 11.3. The van der Waals surface area contributed by atoms with Crippen LogP contribution in [0, 0.1) is 0 Å². The van der Waals surface area contributed by atoms with Crippen LogP contribution in [0.3, 0.4) is 0 Å². The molecule has 120 valence electrons. The van der Waals surface area contributed by atoms with Crippen LogP contribution in [0.15, 0.2) is 53.9 Å². The molecule has 0 aliphatic carbocycles. The quantitative estimate of drug-likeness (QED) is 0.679. The first-order chi connectivity index (χ1) is 11.5. The van der Waals surface area contributed by atoms with Gasteiger partial charge >= 0.3 is 6.03 Å². The second kappa shape index (κ2) is 6.51. The number of carbonyl (C=O) groups is 2. The molecule has 0 radical (unpaired) electrons. The fourth-order valence-corrected chi connectivity index (χ4v) is 3.04. The molecule has 0 aliphatic rings. The van der Waals surface area contributed by atoms with Gasteiger partial charge in [-0.05, 0) is 24.3 Å². The molecule has 3 aromatic rings. The Kier molecular flexibility index (Phi) is 4.26. The number of aromatic nitrogens is 1. The highest BCUT2D eigenvalue weighted by Crippen LogP contribution is 2.29. The van der Waals surface area contributed by atoms with Crippen LogP contribution in [0.4, 0.5) is 10.5 Å². The number of primary amides is 2. The Hall–Kier alpha value is -3.19. The zero-order valence-electron chi connectivity index (χ0n) is 12.5. The molecule has 24 heavy (non-hydrogen) atoms. The standard InChI is InChI=1S/C17H14N4O2S/c18-15(22)11-2-1-3-12(8-11)16-21-14(9-24-16)10-4-6-13(7-5-10)20-17(19)23/h1-9H,(H2,18,22)(H3,19,20,23). The van der Waals surface area contributed by atoms with Gasteiger partial charge in [0.15, 0.2) is 0 Å². The monoisotopic (exact) mass is 338 g/mol. The van der Waals surface area contributed by atoms with Crippen molar-refractivity contribution in [3.63, 3.8) is 0 Å². The van der Waals surface area contributed by atoms with Crippen LogP contribution in [0.5, 0.6) is 0 Å². The van der Waals surface area contributed by atoms with Crippen molar-refractivity contribution >= 4 is 29.0 Å². The summed E-state index contributed by atoms with van der Waals surface area (Å²) < 4.78 is 0. The SMILES string of the molecule is NC(=O)Nc1ccc(-c2csc(-c3cccc(C(N)=O)c3)n2)cc1. The van der Waals surface area contributed by atoms with E-state index >= 15 is 0 Å². The van der Waals surface area contributed by atoms with Crippen molar-refractivity contribution in [2.75, 3.05) is 5.32 Å². The molecular weight excluding hydrogens is 324 g/mol. The Morgan fingerprint density at radius 3 is 2.42 bits per heavy atom. The van der Waals surface area contributed by atoms with E-state index in [1.807, 2.05) is 23.6 Å². The first-order valence-electron chi connectivity index (χ1n) is 7.05. The minimum Gasteiger partial charge on any atom is -0.366 e. The van der Waals surface area contributed by atoms with E-state index in [0.29, 0.717) is 11.3 Å². The van der Waals surface area contributed by atoms with Crippen LogP contribution in [0.25, 0.3) is 21.8 Å². The molecule has 1 heterocycles. The highest BCUT2D eigenvalue weighted by Gasteiger charge is 2.09. The molecule has 3 rings (SSSR count). The molecule has 0 saturated carbocycles. The Balaban J connectivity index is 1.86. The number of amides is 3. The highest BCUT2D eigenvalue weighted by atomic mass is 32.1. The normalized spacial score (nSPS) is 10.3. The fourth-order valence-electron chi connectivity index (χ4n) is 2.21. The number of urea groups is 1. The lowest BCUT2D eigenvalue weighted by Crippen LogP contribution is -2.19. The van der Waals surface area contributed by atoms with Crippen LogP contribution in [0.1, 0.15) is 10.4 Å². The summed E-state index contributed by atoms with van der Waals surface area (Å²) in [6.07, 6.45) is 0. The molecule has 0 spiro atoms. The Bertz CT molecular complexity index is 903. The zero-order valence-corrected chi connectivity index (χ0v) is 13.3. The maximum absolute atomic E-state index is 11.3. The van der Waals surface area contributed by atoms with Gasteiger partial charge in [-0.2, -0.15) is 0 Å². The van der Waals surface area contributed by atoms with Gasteiger partial charge in [0, 0.05) is 27.8 Å². The molecule has 6 nitrogen and oxygen atoms in total. The average molecular weight is 338 g/mol. The van der Waals surface area contributed by atoms with Crippen LogP contribution in [0.2, 0.25) is 0 Å². The molecule has 5 N–H and O–H groups in total. The fraction of sp³-hybridized carbons (Fsp3) is 0. The average Bonchev–Trinajstić information content (AvgIpc) is 3.05. The second-order valence-electron chi connectivity index (χ2n) is 5.05. The van der Waals surface area contributed by atoms with Crippen LogP contribution >= 0.6 is 11.3 Å². The van der Waals surface area contributed by atoms with Gasteiger partial charge in [0.1, 0.15) is 5.01 Å². The Morgan fingerprint density at radius 2 is 1.75 bits per heavy atom. The lowest BCUT2D eigenvalue weighted by Gasteiger charge is -2.02. The van der Waals surface area contributed by atoms with Gasteiger partial charge in [0.2, 0.25) is 5.91 Å². The summed E-state index contributed by atoms with van der Waals surface area (Å²) in [5.41, 5.74) is 14.0. The third-order valence-electron chi connectivity index (χ3n) is 3.35. The summed E-state index contributed by atoms with van der Waals surface area (Å²) in [6.45, 7) is 0. The number of nitrogens with two attached hydrogens (primary N) is 2. The Labute approximate surface area is 142 Å². The summed E-state index contributed by atoms with van der Waals surface area (Å²) in [7, 11) is 0. The van der Waals surface area contributed by atoms with Crippen molar-refractivity contribution in [1.29, 1.82) is 0 Å². The molecule has 1 aromatic heterocycles. The first-order valence-corrected chi connectivity index (χ1v) is 7.93. The van der Waals surface area contributed by atoms with Gasteiger partial charge in [-0.1, -0.05) is 24.3 Å². The van der Waals surface area contributed by atoms with Crippen molar-refractivity contribution in [3.05, 3.63) is 59.5 Å². The third kappa shape index (κ3) is 3.41. The first kappa shape index (κ1) is 15.7. The van der Waals surface area contributed by atoms with E-state index in [4.69, 9.17) is 11.5 Å². The molecule has 2 aromatic carbocycles. The van der Waals surface area contributed by atoms with E-state index in [1.165, 1.54) is 11.3 Å². The zero-order chi connectivity index (χ0) is 17.1. The number of rotatable bonds is 4. The summed E-state index contributed by atoms with van der Waals surface area (Å²) in [5, 5.41) is 5.24. The minimum absolute atomic E-state index is 0.450. The highest BCUT2D eigenvalue weighted by molar-refractivity contribution is 7.13. The molecular formula is C17H14N4O2S. The van der Waals surface area contributed by atoms with Crippen LogP contribution in [-0.4, -0.2) is 16.9 Å². The smallest absolute Gasteiger partial charge is 0.316 e. The number of carbonyl (C=O) groups excluding carboxylic acids is 2. The molecule has 0 aliphatic heterocycles. The van der Waals surface area contributed by atoms with Crippen molar-refractivity contribution in [3.8, 4) is 21.8 Å². The van der Waals surface area contributed by atoms with Gasteiger partial charge in [-0.3, -0.25) is 4.79 Å². The van der Waals surface area contributed by atoms with E-state index in [9.17, 15) is 9.59 Å². The summed E-state index contributed by atoms with van der Waals surface area (Å²) in [4.78, 5) is 26.7. The predicted octanol–water partition coefficient (Wildman–Crippen LogP) is 3.07. The van der Waals surface area contributed by atoms with E-state index in [-0.39, 0.29) is 0 Å². The number of thiazole rings is 1. The summed E-state index contributed by atoms with van der Waals surface area (Å²) in [6, 6.07) is 13.7. The van der Waals surface area contributed by atoms with E-state index < -0.39 is 11.9 Å². The van der Waals surface area contributed by atoms with Gasteiger partial charge in [-0.15, -0.1) is 11.3 Å². The molecule has 0 atom stereocenters. The summed E-state index contributed by atoms with van der Waals surface area (Å²) >= 11 is 1.48.